The van der Waals surface area contributed by atoms with Gasteiger partial charge < -0.3 is 0 Å². The van der Waals surface area contributed by atoms with Gasteiger partial charge in [-0.3, -0.25) is 4.57 Å². The lowest BCUT2D eigenvalue weighted by atomic mass is 9.61. The molecule has 0 saturated carbocycles. The van der Waals surface area contributed by atoms with Crippen molar-refractivity contribution < 1.29 is 0 Å². The third kappa shape index (κ3) is 5.79. The van der Waals surface area contributed by atoms with Crippen molar-refractivity contribution in [2.24, 2.45) is 0 Å². The predicted octanol–water partition coefficient (Wildman–Crippen LogP) is 11.3. The molecule has 3 aliphatic rings. The van der Waals surface area contributed by atoms with Gasteiger partial charge in [0.25, 0.3) is 0 Å². The van der Waals surface area contributed by atoms with E-state index in [1.165, 1.54) is 33.4 Å². The molecular weight excluding hydrogens is 749 g/mol. The van der Waals surface area contributed by atoms with Crippen molar-refractivity contribution >= 4 is 11.0 Å². The molecule has 0 fully saturated rings. The number of imidazole rings is 1. The number of para-hydroxylation sites is 2. The maximum absolute atomic E-state index is 5.21. The minimum Gasteiger partial charge on any atom is -0.264 e. The summed E-state index contributed by atoms with van der Waals surface area (Å²) >= 11 is 0. The molecule has 61 heavy (non-hydrogen) atoms. The first kappa shape index (κ1) is 35.0. The molecule has 0 aliphatic heterocycles. The second-order valence-corrected chi connectivity index (χ2v) is 15.6. The third-order valence-corrected chi connectivity index (χ3v) is 12.1. The van der Waals surface area contributed by atoms with E-state index in [2.05, 4.69) is 78.2 Å². The number of benzene rings is 7. The summed E-state index contributed by atoms with van der Waals surface area (Å²) in [6.45, 7) is 2.11. The van der Waals surface area contributed by atoms with E-state index in [1.54, 1.807) is 0 Å². The highest BCUT2D eigenvalue weighted by molar-refractivity contribution is 5.79. The second-order valence-electron chi connectivity index (χ2n) is 15.6. The van der Waals surface area contributed by atoms with Crippen LogP contribution in [0, 0.1) is 0 Å². The zero-order valence-corrected chi connectivity index (χ0v) is 33.2. The maximum Gasteiger partial charge on any atom is 0.239 e. The van der Waals surface area contributed by atoms with Crippen LogP contribution >= 0.6 is 0 Å². The molecule has 0 N–H and O–H groups in total. The fourth-order valence-corrected chi connectivity index (χ4v) is 9.28. The lowest BCUT2D eigenvalue weighted by Crippen LogP contribution is -2.27. The Hall–Kier alpha value is -7.97. The van der Waals surface area contributed by atoms with Gasteiger partial charge in [0.1, 0.15) is 5.82 Å². The molecule has 288 valence electrons. The Bertz CT molecular complexity index is 3250. The molecule has 0 radical (unpaired) electrons. The van der Waals surface area contributed by atoms with Crippen LogP contribution in [0.4, 0.5) is 0 Å². The van der Waals surface area contributed by atoms with Crippen LogP contribution in [0.5, 0.6) is 0 Å². The molecular formula is C53H36N8. The Kier molecular flexibility index (Phi) is 8.09. The largest absolute Gasteiger partial charge is 0.264 e. The van der Waals surface area contributed by atoms with Gasteiger partial charge >= 0.3 is 0 Å². The van der Waals surface area contributed by atoms with E-state index in [-0.39, 0.29) is 11.8 Å². The zero-order valence-electron chi connectivity index (χ0n) is 33.2. The summed E-state index contributed by atoms with van der Waals surface area (Å²) in [5, 5.41) is 0. The van der Waals surface area contributed by atoms with Gasteiger partial charge in [0, 0.05) is 46.1 Å². The van der Waals surface area contributed by atoms with E-state index in [9.17, 15) is 0 Å². The Morgan fingerprint density at radius 3 is 1.25 bits per heavy atom. The summed E-state index contributed by atoms with van der Waals surface area (Å²) < 4.78 is 2.08. The molecule has 0 saturated heterocycles. The quantitative estimate of drug-likeness (QED) is 0.159. The minimum absolute atomic E-state index is 0.0255. The summed E-state index contributed by atoms with van der Waals surface area (Å²) in [6.07, 6.45) is 0.731. The normalized spacial score (nSPS) is 14.7. The van der Waals surface area contributed by atoms with Crippen LogP contribution in [-0.2, 0) is 6.42 Å². The highest BCUT2D eigenvalue weighted by atomic mass is 15.2. The molecule has 10 aromatic rings. The number of fused-ring (bicyclic) bond motifs is 1. The first-order chi connectivity index (χ1) is 30.2. The maximum atomic E-state index is 5.21. The highest BCUT2D eigenvalue weighted by Gasteiger charge is 2.41. The van der Waals surface area contributed by atoms with Crippen molar-refractivity contribution in [3.8, 4) is 62.9 Å². The van der Waals surface area contributed by atoms with Crippen LogP contribution in [0.1, 0.15) is 58.0 Å². The van der Waals surface area contributed by atoms with E-state index in [0.29, 0.717) is 35.1 Å². The van der Waals surface area contributed by atoms with Crippen LogP contribution in [0.2, 0.25) is 0 Å². The molecule has 8 heteroatoms. The molecule has 8 nitrogen and oxygen atoms in total. The molecule has 0 amide bonds. The number of rotatable bonds is 7. The van der Waals surface area contributed by atoms with Crippen LogP contribution in [-0.4, -0.2) is 39.5 Å². The zero-order chi connectivity index (χ0) is 40.4. The van der Waals surface area contributed by atoms with Crippen LogP contribution < -0.4 is 0 Å². The van der Waals surface area contributed by atoms with Crippen LogP contribution in [0.15, 0.2) is 176 Å². The fraction of sp³-hybridized carbons (Fsp3) is 0.0755. The Morgan fingerprint density at radius 1 is 0.361 bits per heavy atom. The van der Waals surface area contributed by atoms with Crippen molar-refractivity contribution in [2.75, 3.05) is 0 Å². The summed E-state index contributed by atoms with van der Waals surface area (Å²) in [4.78, 5) is 35.5. The lowest BCUT2D eigenvalue weighted by Gasteiger charge is -2.42. The van der Waals surface area contributed by atoms with Crippen molar-refractivity contribution in [3.63, 3.8) is 0 Å². The molecule has 0 spiro atoms. The van der Waals surface area contributed by atoms with Crippen molar-refractivity contribution in [3.05, 3.63) is 215 Å². The summed E-state index contributed by atoms with van der Waals surface area (Å²) in [5.74, 6) is 4.70. The third-order valence-electron chi connectivity index (χ3n) is 12.1. The van der Waals surface area contributed by atoms with E-state index >= 15 is 0 Å². The molecule has 3 heterocycles. The Balaban J connectivity index is 1.00. The summed E-state index contributed by atoms with van der Waals surface area (Å²) in [6, 6.07) is 61.0. The molecule has 3 aliphatic carbocycles. The molecule has 3 aromatic heterocycles. The number of aromatic nitrogens is 8. The molecule has 2 atom stereocenters. The monoisotopic (exact) mass is 784 g/mol. The first-order valence-electron chi connectivity index (χ1n) is 20.7. The van der Waals surface area contributed by atoms with Crippen molar-refractivity contribution in [2.45, 2.75) is 25.2 Å². The van der Waals surface area contributed by atoms with Crippen LogP contribution in [0.25, 0.3) is 73.9 Å². The number of hydrogen-bond donors (Lipinski definition) is 0. The smallest absolute Gasteiger partial charge is 0.239 e. The van der Waals surface area contributed by atoms with Gasteiger partial charge in [-0.25, -0.2) is 24.9 Å². The predicted molar refractivity (Wildman–Crippen MR) is 239 cm³/mol. The Labute approximate surface area is 352 Å². The highest BCUT2D eigenvalue weighted by Crippen LogP contribution is 2.56. The molecule has 13 rings (SSSR count). The average Bonchev–Trinajstić information content (AvgIpc) is 3.73. The van der Waals surface area contributed by atoms with E-state index in [1.807, 2.05) is 109 Å². The van der Waals surface area contributed by atoms with Crippen molar-refractivity contribution in [1.29, 1.82) is 0 Å². The molecule has 7 aromatic carbocycles. The van der Waals surface area contributed by atoms with Crippen molar-refractivity contribution in [1.82, 2.24) is 39.5 Å². The van der Waals surface area contributed by atoms with Gasteiger partial charge in [-0.2, -0.15) is 9.97 Å². The molecule has 2 bridgehead atoms. The topological polar surface area (TPSA) is 95.2 Å². The average molecular weight is 785 g/mol. The van der Waals surface area contributed by atoms with Gasteiger partial charge in [-0.1, -0.05) is 159 Å². The van der Waals surface area contributed by atoms with Gasteiger partial charge in [-0.05, 0) is 57.6 Å². The van der Waals surface area contributed by atoms with E-state index in [4.69, 9.17) is 34.9 Å². The number of aryl methyl sites for hydroxylation is 1. The van der Waals surface area contributed by atoms with Gasteiger partial charge in [0.15, 0.2) is 29.1 Å². The lowest BCUT2D eigenvalue weighted by molar-refractivity contribution is 0.754. The summed E-state index contributed by atoms with van der Waals surface area (Å²) in [5.41, 5.74) is 14.4. The Morgan fingerprint density at radius 2 is 0.754 bits per heavy atom. The fourth-order valence-electron chi connectivity index (χ4n) is 9.28. The minimum atomic E-state index is 0.0255. The summed E-state index contributed by atoms with van der Waals surface area (Å²) in [7, 11) is 0. The number of hydrogen-bond acceptors (Lipinski definition) is 7. The SMILES string of the molecule is CCc1nc2ccccc2n1-c1nc(-c2ccccc2)nc(-c2ccc3c(c2)C2c4ccccc4C3c3cc(-c4nc(-c5ccccc5)nc(-c5ccccc5)n4)ccc32)n1. The van der Waals surface area contributed by atoms with Gasteiger partial charge in [0.05, 0.1) is 11.0 Å². The standard InChI is InChI=1S/C53H36N8/c1-2-45-54-43-24-14-15-25-44(43)61(45)53-59-50(34-20-10-5-11-21-34)58-52(60-53)36-27-29-40-42(31-36)47-38-23-13-12-22-37(38)46(40)41-30-35(26-28-39(41)47)51-56-48(32-16-6-3-7-17-32)55-49(57-51)33-18-8-4-9-19-33/h3-31,46-47H,2H2,1H3. The van der Waals surface area contributed by atoms with E-state index in [0.717, 1.165) is 51.1 Å². The van der Waals surface area contributed by atoms with Crippen LogP contribution in [0.3, 0.4) is 0 Å². The van der Waals surface area contributed by atoms with Gasteiger partial charge in [-0.15, -0.1) is 0 Å². The van der Waals surface area contributed by atoms with Gasteiger partial charge in [0.2, 0.25) is 5.95 Å². The number of nitrogens with zero attached hydrogens (tertiary/aromatic N) is 8. The first-order valence-corrected chi connectivity index (χ1v) is 20.7. The molecule has 2 unspecified atom stereocenters. The van der Waals surface area contributed by atoms with E-state index < -0.39 is 0 Å². The second kappa shape index (κ2) is 14.1.